The van der Waals surface area contributed by atoms with Crippen LogP contribution < -0.4 is 0 Å². The molecule has 0 spiro atoms. The molecule has 0 saturated heterocycles. The SMILES string of the molecule is O=C[N+](=O)[O-].[Ca+2].[H-].[H-]. The van der Waals surface area contributed by atoms with E-state index in [1.165, 1.54) is 0 Å². The van der Waals surface area contributed by atoms with Gasteiger partial charge < -0.3 is 2.85 Å². The quantitative estimate of drug-likeness (QED) is 0.197. The van der Waals surface area contributed by atoms with Crippen molar-refractivity contribution in [3.63, 3.8) is 0 Å². The van der Waals surface area contributed by atoms with Gasteiger partial charge in [-0.05, 0) is 0 Å². The van der Waals surface area contributed by atoms with Crippen LogP contribution in [0.2, 0.25) is 0 Å². The predicted octanol–water partition coefficient (Wildman–Crippen LogP) is -0.736. The first-order chi connectivity index (χ1) is 2.27. The first-order valence-corrected chi connectivity index (χ1v) is 0.859. The van der Waals surface area contributed by atoms with Gasteiger partial charge in [0, 0.05) is 0 Å². The van der Waals surface area contributed by atoms with Crippen LogP contribution in [0.5, 0.6) is 0 Å². The Morgan fingerprint density at radius 3 is 2.00 bits per heavy atom. The minimum atomic E-state index is -1.06. The summed E-state index contributed by atoms with van der Waals surface area (Å²) in [6.07, 6.45) is -0.361. The van der Waals surface area contributed by atoms with Crippen LogP contribution in [0.15, 0.2) is 0 Å². The zero-order chi connectivity index (χ0) is 4.28. The number of amides is 1. The molecular formula is CH3CaNO3. The van der Waals surface area contributed by atoms with Gasteiger partial charge in [0.25, 0.3) is 0 Å². The molecule has 6 heavy (non-hydrogen) atoms. The van der Waals surface area contributed by atoms with Gasteiger partial charge in [0.2, 0.25) is 0 Å². The van der Waals surface area contributed by atoms with Crippen molar-refractivity contribution in [2.24, 2.45) is 0 Å². The fourth-order valence-corrected chi connectivity index (χ4v) is 0. The minimum Gasteiger partial charge on any atom is -1.00 e. The summed E-state index contributed by atoms with van der Waals surface area (Å²) in [5.74, 6) is 0. The first kappa shape index (κ1) is 9.59. The van der Waals surface area contributed by atoms with Crippen molar-refractivity contribution in [3.05, 3.63) is 10.1 Å². The minimum absolute atomic E-state index is 0. The summed E-state index contributed by atoms with van der Waals surface area (Å²) in [5, 5.41) is 8.81. The molecule has 4 nitrogen and oxygen atoms in total. The second-order valence-electron chi connectivity index (χ2n) is 0.391. The summed E-state index contributed by atoms with van der Waals surface area (Å²) in [7, 11) is 0. The second-order valence-corrected chi connectivity index (χ2v) is 0.391. The molecule has 0 aromatic carbocycles. The largest absolute Gasteiger partial charge is 2.00 e. The molecule has 0 aliphatic heterocycles. The third kappa shape index (κ3) is 8.84. The van der Waals surface area contributed by atoms with Crippen molar-refractivity contribution < 1.29 is 12.6 Å². The van der Waals surface area contributed by atoms with Gasteiger partial charge in [-0.15, -0.1) is 0 Å². The Labute approximate surface area is 66.6 Å². The number of nitro groups is 1. The van der Waals surface area contributed by atoms with Gasteiger partial charge in [-0.1, -0.05) is 0 Å². The van der Waals surface area contributed by atoms with E-state index in [-0.39, 0.29) is 47.0 Å². The van der Waals surface area contributed by atoms with E-state index in [1.807, 2.05) is 0 Å². The molecule has 0 aromatic heterocycles. The number of carbonyl (C=O) groups is 1. The number of hydrogen-bond donors (Lipinski definition) is 0. The Kier molecular flexibility index (Phi) is 8.52. The average molecular weight is 117 g/mol. The zero-order valence-corrected chi connectivity index (χ0v) is 5.16. The van der Waals surface area contributed by atoms with Crippen LogP contribution in [0.4, 0.5) is 0 Å². The summed E-state index contributed by atoms with van der Waals surface area (Å²) in [6, 6.07) is 0. The average Bonchev–Trinajstić information content (AvgIpc) is 1.38. The molecule has 0 unspecified atom stereocenters. The normalized spacial score (nSPS) is 5.33. The Balaban J connectivity index is -0.0000000267. The molecule has 0 bridgehead atoms. The number of rotatable bonds is 1. The fraction of sp³-hybridized carbons (Fsp3) is 0. The molecule has 0 aliphatic carbocycles. The van der Waals surface area contributed by atoms with Gasteiger partial charge in [0.15, 0.2) is 0 Å². The summed E-state index contributed by atoms with van der Waals surface area (Å²) in [4.78, 5) is 16.6. The standard InChI is InChI=1S/CHNO3.Ca.2H/c3-1-2(4)5;;;/h1H;;;/q;+2;2*-1. The third-order valence-electron chi connectivity index (χ3n) is 0.0861. The molecule has 0 atom stereocenters. The van der Waals surface area contributed by atoms with E-state index in [4.69, 9.17) is 14.9 Å². The van der Waals surface area contributed by atoms with Crippen molar-refractivity contribution in [2.45, 2.75) is 0 Å². The van der Waals surface area contributed by atoms with E-state index in [9.17, 15) is 0 Å². The van der Waals surface area contributed by atoms with Crippen LogP contribution >= 0.6 is 0 Å². The van der Waals surface area contributed by atoms with Gasteiger partial charge in [-0.25, -0.2) is 4.79 Å². The van der Waals surface area contributed by atoms with Crippen molar-refractivity contribution in [1.29, 1.82) is 0 Å². The van der Waals surface area contributed by atoms with Crippen LogP contribution in [0, 0.1) is 10.1 Å². The zero-order valence-electron chi connectivity index (χ0n) is 4.96. The van der Waals surface area contributed by atoms with E-state index in [2.05, 4.69) is 0 Å². The van der Waals surface area contributed by atoms with Gasteiger partial charge in [-0.3, -0.25) is 10.1 Å². The summed E-state index contributed by atoms with van der Waals surface area (Å²) < 4.78 is 0. The first-order valence-electron chi connectivity index (χ1n) is 0.859. The molecule has 0 rings (SSSR count). The smallest absolute Gasteiger partial charge is 1.00 e. The van der Waals surface area contributed by atoms with Crippen LogP contribution in [0.3, 0.4) is 0 Å². The molecule has 0 aliphatic rings. The number of nitrogens with zero attached hydrogens (tertiary/aromatic N) is 1. The molecular weight excluding hydrogens is 114 g/mol. The maximum atomic E-state index is 8.81. The predicted molar refractivity (Wildman–Crippen MR) is 21.0 cm³/mol. The molecule has 0 radical (unpaired) electrons. The van der Waals surface area contributed by atoms with Gasteiger partial charge in [-0.2, -0.15) is 0 Å². The Bertz CT molecular complexity index is 68.3. The number of carbonyl (C=O) groups excluding carboxylic acids is 1. The molecule has 0 saturated carbocycles. The summed E-state index contributed by atoms with van der Waals surface area (Å²) in [6.45, 7) is 0. The van der Waals surface area contributed by atoms with E-state index in [0.717, 1.165) is 0 Å². The van der Waals surface area contributed by atoms with E-state index in [0.29, 0.717) is 0 Å². The van der Waals surface area contributed by atoms with Crippen LogP contribution in [-0.2, 0) is 4.79 Å². The van der Waals surface area contributed by atoms with Crippen LogP contribution in [0.1, 0.15) is 2.85 Å². The van der Waals surface area contributed by atoms with E-state index in [1.54, 1.807) is 0 Å². The van der Waals surface area contributed by atoms with Crippen LogP contribution in [0.25, 0.3) is 0 Å². The van der Waals surface area contributed by atoms with Crippen molar-refractivity contribution >= 4 is 44.1 Å². The van der Waals surface area contributed by atoms with E-state index < -0.39 is 4.92 Å². The van der Waals surface area contributed by atoms with Crippen molar-refractivity contribution in [2.75, 3.05) is 0 Å². The molecule has 32 valence electrons. The molecule has 0 aromatic rings. The van der Waals surface area contributed by atoms with Crippen LogP contribution in [-0.4, -0.2) is 49.1 Å². The molecule has 1 amide bonds. The third-order valence-corrected chi connectivity index (χ3v) is 0.0861. The van der Waals surface area contributed by atoms with Gasteiger partial charge in [0.05, 0.1) is 4.92 Å². The maximum Gasteiger partial charge on any atom is 2.00 e. The molecule has 0 N–H and O–H groups in total. The topological polar surface area (TPSA) is 60.2 Å². The van der Waals surface area contributed by atoms with E-state index >= 15 is 0 Å². The van der Waals surface area contributed by atoms with Crippen molar-refractivity contribution in [3.8, 4) is 0 Å². The van der Waals surface area contributed by atoms with Gasteiger partial charge in [0.1, 0.15) is 0 Å². The Morgan fingerprint density at radius 2 is 2.00 bits per heavy atom. The fourth-order valence-electron chi connectivity index (χ4n) is 0. The number of hydrogen-bond acceptors (Lipinski definition) is 3. The maximum absolute atomic E-state index is 8.81. The summed E-state index contributed by atoms with van der Waals surface area (Å²) in [5.41, 5.74) is 0. The molecule has 0 fully saturated rings. The summed E-state index contributed by atoms with van der Waals surface area (Å²) >= 11 is 0. The Morgan fingerprint density at radius 1 is 1.83 bits per heavy atom. The van der Waals surface area contributed by atoms with Crippen molar-refractivity contribution in [1.82, 2.24) is 0 Å². The monoisotopic (exact) mass is 117 g/mol. The molecule has 5 heteroatoms. The van der Waals surface area contributed by atoms with Gasteiger partial charge >= 0.3 is 44.1 Å². The molecule has 0 heterocycles. The Hall–Kier alpha value is 0.330. The second kappa shape index (κ2) is 5.33.